The molecule has 110 valence electrons. The Morgan fingerprint density at radius 2 is 1.52 bits per heavy atom. The van der Waals surface area contributed by atoms with Gasteiger partial charge in [0.05, 0.1) is 0 Å². The predicted octanol–water partition coefficient (Wildman–Crippen LogP) is 3.26. The van der Waals surface area contributed by atoms with E-state index >= 15 is 0 Å². The lowest BCUT2D eigenvalue weighted by Crippen LogP contribution is -2.34. The van der Waals surface area contributed by atoms with Crippen LogP contribution in [0, 0.1) is 5.41 Å². The van der Waals surface area contributed by atoms with Gasteiger partial charge in [-0.25, -0.2) is 0 Å². The van der Waals surface area contributed by atoms with Crippen LogP contribution < -0.4 is 11.5 Å². The summed E-state index contributed by atoms with van der Waals surface area (Å²) < 4.78 is 0. The fourth-order valence-corrected chi connectivity index (χ4v) is 2.32. The molecule has 4 N–H and O–H groups in total. The summed E-state index contributed by atoms with van der Waals surface area (Å²) in [5.41, 5.74) is 14.3. The Labute approximate surface area is 126 Å². The average Bonchev–Trinajstić information content (AvgIpc) is 2.48. The fraction of sp³-hybridized carbons (Fsp3) is 0.278. The summed E-state index contributed by atoms with van der Waals surface area (Å²) in [6, 6.07) is 18.1. The molecule has 3 heteroatoms. The molecular weight excluding hydrogens is 260 g/mol. The quantitative estimate of drug-likeness (QED) is 0.883. The van der Waals surface area contributed by atoms with Gasteiger partial charge in [-0.2, -0.15) is 0 Å². The van der Waals surface area contributed by atoms with Gasteiger partial charge in [-0.15, -0.1) is 0 Å². The molecule has 0 saturated heterocycles. The second-order valence-corrected chi connectivity index (χ2v) is 6.05. The van der Waals surface area contributed by atoms with Gasteiger partial charge in [0.15, 0.2) is 0 Å². The molecule has 1 atom stereocenters. The van der Waals surface area contributed by atoms with Gasteiger partial charge in [0, 0.05) is 11.5 Å². The minimum absolute atomic E-state index is 0.197. The molecule has 1 amide bonds. The van der Waals surface area contributed by atoms with Crippen LogP contribution in [0.25, 0.3) is 11.1 Å². The van der Waals surface area contributed by atoms with Crippen molar-refractivity contribution in [3.05, 3.63) is 60.2 Å². The zero-order chi connectivity index (χ0) is 15.5. The summed E-state index contributed by atoms with van der Waals surface area (Å²) in [5.74, 6) is -0.321. The van der Waals surface area contributed by atoms with Gasteiger partial charge >= 0.3 is 0 Å². The van der Waals surface area contributed by atoms with E-state index in [1.165, 1.54) is 5.56 Å². The number of nitrogens with two attached hydrogens (primary N) is 2. The van der Waals surface area contributed by atoms with E-state index in [-0.39, 0.29) is 11.9 Å². The van der Waals surface area contributed by atoms with E-state index < -0.39 is 5.41 Å². The standard InChI is InChI=1S/C18H22N2O/c1-18(2,17(20)21)12-16(19)15-10-8-14(9-11-15)13-6-4-3-5-7-13/h3-11,16H,12,19H2,1-2H3,(H2,20,21). The minimum atomic E-state index is -0.600. The second kappa shape index (κ2) is 6.10. The molecule has 0 aliphatic carbocycles. The SMILES string of the molecule is CC(C)(CC(N)c1ccc(-c2ccccc2)cc1)C(N)=O. The molecule has 0 aromatic heterocycles. The van der Waals surface area contributed by atoms with E-state index in [1.54, 1.807) is 0 Å². The van der Waals surface area contributed by atoms with Crippen molar-refractivity contribution in [1.82, 2.24) is 0 Å². The molecule has 0 heterocycles. The smallest absolute Gasteiger partial charge is 0.223 e. The Morgan fingerprint density at radius 1 is 1.00 bits per heavy atom. The van der Waals surface area contributed by atoms with Crippen LogP contribution in [0.4, 0.5) is 0 Å². The number of hydrogen-bond acceptors (Lipinski definition) is 2. The van der Waals surface area contributed by atoms with E-state index in [4.69, 9.17) is 11.5 Å². The highest BCUT2D eigenvalue weighted by molar-refractivity contribution is 5.80. The van der Waals surface area contributed by atoms with Gasteiger partial charge in [-0.3, -0.25) is 4.79 Å². The number of carbonyl (C=O) groups excluding carboxylic acids is 1. The first-order valence-electron chi connectivity index (χ1n) is 7.11. The number of primary amides is 1. The van der Waals surface area contributed by atoms with Crippen LogP contribution in [0.15, 0.2) is 54.6 Å². The van der Waals surface area contributed by atoms with Crippen molar-refractivity contribution in [2.75, 3.05) is 0 Å². The molecular formula is C18H22N2O. The van der Waals surface area contributed by atoms with Crippen molar-refractivity contribution in [1.29, 1.82) is 0 Å². The van der Waals surface area contributed by atoms with Gasteiger partial charge in [-0.1, -0.05) is 68.4 Å². The molecule has 0 spiro atoms. The number of amides is 1. The van der Waals surface area contributed by atoms with E-state index in [0.717, 1.165) is 11.1 Å². The molecule has 0 bridgehead atoms. The Kier molecular flexibility index (Phi) is 4.43. The largest absolute Gasteiger partial charge is 0.369 e. The number of hydrogen-bond donors (Lipinski definition) is 2. The molecule has 0 saturated carbocycles. The monoisotopic (exact) mass is 282 g/mol. The van der Waals surface area contributed by atoms with Crippen molar-refractivity contribution in [3.8, 4) is 11.1 Å². The van der Waals surface area contributed by atoms with Crippen LogP contribution in [0.5, 0.6) is 0 Å². The second-order valence-electron chi connectivity index (χ2n) is 6.05. The van der Waals surface area contributed by atoms with Crippen molar-refractivity contribution < 1.29 is 4.79 Å². The van der Waals surface area contributed by atoms with Crippen molar-refractivity contribution >= 4 is 5.91 Å². The molecule has 2 aromatic rings. The van der Waals surface area contributed by atoms with Crippen molar-refractivity contribution in [3.63, 3.8) is 0 Å². The number of rotatable bonds is 5. The molecule has 0 radical (unpaired) electrons. The summed E-state index contributed by atoms with van der Waals surface area (Å²) in [7, 11) is 0. The molecule has 0 fully saturated rings. The van der Waals surface area contributed by atoms with Crippen LogP contribution in [-0.2, 0) is 4.79 Å². The first-order valence-corrected chi connectivity index (χ1v) is 7.11. The maximum absolute atomic E-state index is 11.4. The lowest BCUT2D eigenvalue weighted by molar-refractivity contribution is -0.126. The van der Waals surface area contributed by atoms with Gasteiger partial charge in [0.25, 0.3) is 0 Å². The summed E-state index contributed by atoms with van der Waals surface area (Å²) in [6.45, 7) is 3.65. The average molecular weight is 282 g/mol. The maximum Gasteiger partial charge on any atom is 0.223 e. The molecule has 21 heavy (non-hydrogen) atoms. The molecule has 2 rings (SSSR count). The highest BCUT2D eigenvalue weighted by atomic mass is 16.1. The van der Waals surface area contributed by atoms with Crippen LogP contribution in [0.2, 0.25) is 0 Å². The van der Waals surface area contributed by atoms with Crippen LogP contribution >= 0.6 is 0 Å². The predicted molar refractivity (Wildman–Crippen MR) is 86.4 cm³/mol. The molecule has 2 aromatic carbocycles. The zero-order valence-corrected chi connectivity index (χ0v) is 12.5. The third kappa shape index (κ3) is 3.70. The van der Waals surface area contributed by atoms with Crippen molar-refractivity contribution in [2.45, 2.75) is 26.3 Å². The van der Waals surface area contributed by atoms with Gasteiger partial charge in [0.1, 0.15) is 0 Å². The molecule has 0 aliphatic rings. The van der Waals surface area contributed by atoms with Gasteiger partial charge in [-0.05, 0) is 23.1 Å². The van der Waals surface area contributed by atoms with E-state index in [2.05, 4.69) is 24.3 Å². The lowest BCUT2D eigenvalue weighted by atomic mass is 9.83. The Morgan fingerprint density at radius 3 is 2.05 bits per heavy atom. The van der Waals surface area contributed by atoms with Crippen LogP contribution in [0.3, 0.4) is 0 Å². The summed E-state index contributed by atoms with van der Waals surface area (Å²) in [5, 5.41) is 0. The Balaban J connectivity index is 2.14. The summed E-state index contributed by atoms with van der Waals surface area (Å²) in [4.78, 5) is 11.4. The highest BCUT2D eigenvalue weighted by Crippen LogP contribution is 2.29. The zero-order valence-electron chi connectivity index (χ0n) is 12.5. The first kappa shape index (κ1) is 15.3. The highest BCUT2D eigenvalue weighted by Gasteiger charge is 2.28. The van der Waals surface area contributed by atoms with E-state index in [0.29, 0.717) is 6.42 Å². The van der Waals surface area contributed by atoms with E-state index in [1.807, 2.05) is 44.2 Å². The molecule has 3 nitrogen and oxygen atoms in total. The first-order chi connectivity index (χ1) is 9.90. The number of benzene rings is 2. The van der Waals surface area contributed by atoms with Crippen molar-refractivity contribution in [2.24, 2.45) is 16.9 Å². The number of carbonyl (C=O) groups is 1. The fourth-order valence-electron chi connectivity index (χ4n) is 2.32. The topological polar surface area (TPSA) is 69.1 Å². The lowest BCUT2D eigenvalue weighted by Gasteiger charge is -2.24. The van der Waals surface area contributed by atoms with E-state index in [9.17, 15) is 4.79 Å². The van der Waals surface area contributed by atoms with Gasteiger partial charge in [0.2, 0.25) is 5.91 Å². The Hall–Kier alpha value is -2.13. The maximum atomic E-state index is 11.4. The normalized spacial score (nSPS) is 12.9. The Bertz CT molecular complexity index is 603. The third-order valence-corrected chi connectivity index (χ3v) is 3.84. The summed E-state index contributed by atoms with van der Waals surface area (Å²) in [6.07, 6.45) is 0.535. The van der Waals surface area contributed by atoms with Crippen LogP contribution in [-0.4, -0.2) is 5.91 Å². The van der Waals surface area contributed by atoms with Gasteiger partial charge < -0.3 is 11.5 Å². The minimum Gasteiger partial charge on any atom is -0.369 e. The van der Waals surface area contributed by atoms with Crippen LogP contribution in [0.1, 0.15) is 31.9 Å². The molecule has 1 unspecified atom stereocenters. The third-order valence-electron chi connectivity index (χ3n) is 3.84. The summed E-state index contributed by atoms with van der Waals surface area (Å²) >= 11 is 0. The molecule has 0 aliphatic heterocycles.